The van der Waals surface area contributed by atoms with E-state index < -0.39 is 0 Å². The van der Waals surface area contributed by atoms with Gasteiger partial charge in [-0.15, -0.1) is 0 Å². The van der Waals surface area contributed by atoms with Gasteiger partial charge in [-0.1, -0.05) is 6.42 Å². The van der Waals surface area contributed by atoms with Crippen molar-refractivity contribution in [3.8, 4) is 6.07 Å². The molecular weight excluding hydrogens is 238 g/mol. The fourth-order valence-electron chi connectivity index (χ4n) is 2.14. The number of nitrogens with zero attached hydrogens (tertiary/aromatic N) is 2. The number of hydrogen-bond donors (Lipinski definition) is 1. The number of anilines is 1. The highest BCUT2D eigenvalue weighted by Gasteiger charge is 2.21. The normalized spacial score (nSPS) is 14.8. The summed E-state index contributed by atoms with van der Waals surface area (Å²) >= 11 is 0. The molecule has 0 bridgehead atoms. The van der Waals surface area contributed by atoms with Gasteiger partial charge >= 0.3 is 0 Å². The number of amides is 1. The molecule has 0 aromatic heterocycles. The van der Waals surface area contributed by atoms with Crippen LogP contribution in [0.5, 0.6) is 0 Å². The second-order valence-corrected chi connectivity index (χ2v) is 5.05. The van der Waals surface area contributed by atoms with Crippen LogP contribution in [-0.2, 0) is 4.79 Å². The van der Waals surface area contributed by atoms with Crippen LogP contribution in [0.2, 0.25) is 0 Å². The van der Waals surface area contributed by atoms with Crippen molar-refractivity contribution in [2.75, 3.05) is 18.9 Å². The summed E-state index contributed by atoms with van der Waals surface area (Å²) in [6, 6.07) is 9.64. The Kier molecular flexibility index (Phi) is 4.53. The predicted molar refractivity (Wildman–Crippen MR) is 74.7 cm³/mol. The summed E-state index contributed by atoms with van der Waals surface area (Å²) in [5, 5.41) is 11.5. The molecule has 1 aromatic rings. The Morgan fingerprint density at radius 3 is 2.63 bits per heavy atom. The van der Waals surface area contributed by atoms with Crippen LogP contribution in [0.4, 0.5) is 5.69 Å². The van der Waals surface area contributed by atoms with E-state index >= 15 is 0 Å². The molecule has 0 unspecified atom stereocenters. The summed E-state index contributed by atoms with van der Waals surface area (Å²) < 4.78 is 0. The number of nitrogens with one attached hydrogen (secondary N) is 1. The van der Waals surface area contributed by atoms with Gasteiger partial charge in [0.1, 0.15) is 0 Å². The standard InChI is InChI=1S/C15H19N3O/c1-18(14-3-2-4-14)10-9-15(19)17-13-7-5-12(11-16)6-8-13/h5-8,14H,2-4,9-10H2,1H3,(H,17,19). The summed E-state index contributed by atoms with van der Waals surface area (Å²) in [5.74, 6) is 0.0240. The minimum atomic E-state index is 0.0240. The number of benzene rings is 1. The van der Waals surface area contributed by atoms with Crippen LogP contribution in [0, 0.1) is 11.3 Å². The van der Waals surface area contributed by atoms with Crippen molar-refractivity contribution < 1.29 is 4.79 Å². The first-order valence-corrected chi connectivity index (χ1v) is 6.69. The van der Waals surface area contributed by atoms with E-state index in [1.807, 2.05) is 0 Å². The second-order valence-electron chi connectivity index (χ2n) is 5.05. The number of nitriles is 1. The van der Waals surface area contributed by atoms with Gasteiger partial charge in [0.2, 0.25) is 5.91 Å². The fourth-order valence-corrected chi connectivity index (χ4v) is 2.14. The molecule has 1 aromatic carbocycles. The van der Waals surface area contributed by atoms with Crippen LogP contribution in [-0.4, -0.2) is 30.4 Å². The molecule has 1 N–H and O–H groups in total. The highest BCUT2D eigenvalue weighted by atomic mass is 16.1. The highest BCUT2D eigenvalue weighted by molar-refractivity contribution is 5.90. The van der Waals surface area contributed by atoms with Gasteiger partial charge in [0.15, 0.2) is 0 Å². The van der Waals surface area contributed by atoms with Crippen molar-refractivity contribution in [3.05, 3.63) is 29.8 Å². The molecule has 0 spiro atoms. The van der Waals surface area contributed by atoms with E-state index in [0.717, 1.165) is 12.2 Å². The minimum Gasteiger partial charge on any atom is -0.326 e. The topological polar surface area (TPSA) is 56.1 Å². The van der Waals surface area contributed by atoms with Gasteiger partial charge in [-0.05, 0) is 44.2 Å². The smallest absolute Gasteiger partial charge is 0.225 e. The van der Waals surface area contributed by atoms with Gasteiger partial charge in [0.05, 0.1) is 11.6 Å². The fraction of sp³-hybridized carbons (Fsp3) is 0.467. The van der Waals surface area contributed by atoms with E-state index in [4.69, 9.17) is 5.26 Å². The molecule has 0 radical (unpaired) electrons. The van der Waals surface area contributed by atoms with Crippen molar-refractivity contribution in [1.29, 1.82) is 5.26 Å². The van der Waals surface area contributed by atoms with Gasteiger partial charge in [0, 0.05) is 24.7 Å². The zero-order chi connectivity index (χ0) is 13.7. The first kappa shape index (κ1) is 13.6. The molecule has 0 atom stereocenters. The molecule has 1 aliphatic carbocycles. The average molecular weight is 257 g/mol. The van der Waals surface area contributed by atoms with E-state index in [2.05, 4.69) is 23.3 Å². The monoisotopic (exact) mass is 257 g/mol. The van der Waals surface area contributed by atoms with Crippen LogP contribution in [0.3, 0.4) is 0 Å². The van der Waals surface area contributed by atoms with Crippen LogP contribution in [0.15, 0.2) is 24.3 Å². The Bertz CT molecular complexity index is 471. The molecule has 4 heteroatoms. The maximum absolute atomic E-state index is 11.8. The third-order valence-corrected chi connectivity index (χ3v) is 3.69. The lowest BCUT2D eigenvalue weighted by molar-refractivity contribution is -0.116. The van der Waals surface area contributed by atoms with Crippen molar-refractivity contribution in [2.24, 2.45) is 0 Å². The second kappa shape index (κ2) is 6.35. The molecule has 1 fully saturated rings. The van der Waals surface area contributed by atoms with E-state index in [0.29, 0.717) is 18.0 Å². The summed E-state index contributed by atoms with van der Waals surface area (Å²) in [6.45, 7) is 0.798. The lowest BCUT2D eigenvalue weighted by atomic mass is 9.92. The molecule has 0 aliphatic heterocycles. The third-order valence-electron chi connectivity index (χ3n) is 3.69. The molecule has 2 rings (SSSR count). The maximum Gasteiger partial charge on any atom is 0.225 e. The van der Waals surface area contributed by atoms with Crippen molar-refractivity contribution in [3.63, 3.8) is 0 Å². The van der Waals surface area contributed by atoms with Gasteiger partial charge in [-0.2, -0.15) is 5.26 Å². The van der Waals surface area contributed by atoms with Crippen LogP contribution < -0.4 is 5.32 Å². The summed E-state index contributed by atoms with van der Waals surface area (Å²) in [7, 11) is 2.08. The molecule has 0 saturated heterocycles. The molecule has 1 amide bonds. The van der Waals surface area contributed by atoms with Crippen LogP contribution in [0.1, 0.15) is 31.2 Å². The lowest BCUT2D eigenvalue weighted by Gasteiger charge is -2.34. The molecule has 19 heavy (non-hydrogen) atoms. The quantitative estimate of drug-likeness (QED) is 0.881. The molecular formula is C15H19N3O. The van der Waals surface area contributed by atoms with Gasteiger partial charge in [-0.3, -0.25) is 4.79 Å². The van der Waals surface area contributed by atoms with Gasteiger partial charge < -0.3 is 10.2 Å². The molecule has 0 heterocycles. The summed E-state index contributed by atoms with van der Waals surface area (Å²) in [5.41, 5.74) is 1.35. The Hall–Kier alpha value is -1.86. The highest BCUT2D eigenvalue weighted by Crippen LogP contribution is 2.23. The largest absolute Gasteiger partial charge is 0.326 e. The lowest BCUT2D eigenvalue weighted by Crippen LogP contribution is -2.38. The van der Waals surface area contributed by atoms with Crippen molar-refractivity contribution in [2.45, 2.75) is 31.7 Å². The molecule has 1 saturated carbocycles. The summed E-state index contributed by atoms with van der Waals surface area (Å²) in [6.07, 6.45) is 4.33. The Morgan fingerprint density at radius 1 is 1.42 bits per heavy atom. The van der Waals surface area contributed by atoms with Gasteiger partial charge in [0.25, 0.3) is 0 Å². The van der Waals surface area contributed by atoms with Crippen LogP contribution >= 0.6 is 0 Å². The maximum atomic E-state index is 11.8. The Balaban J connectivity index is 1.75. The summed E-state index contributed by atoms with van der Waals surface area (Å²) in [4.78, 5) is 14.1. The van der Waals surface area contributed by atoms with E-state index in [9.17, 15) is 4.79 Å². The minimum absolute atomic E-state index is 0.0240. The average Bonchev–Trinajstić information content (AvgIpc) is 2.35. The van der Waals surface area contributed by atoms with E-state index in [-0.39, 0.29) is 5.91 Å². The molecule has 1 aliphatic rings. The third kappa shape index (κ3) is 3.80. The van der Waals surface area contributed by atoms with Gasteiger partial charge in [-0.25, -0.2) is 0 Å². The number of rotatable bonds is 5. The zero-order valence-electron chi connectivity index (χ0n) is 11.2. The van der Waals surface area contributed by atoms with E-state index in [1.54, 1.807) is 24.3 Å². The number of hydrogen-bond acceptors (Lipinski definition) is 3. The molecule has 4 nitrogen and oxygen atoms in total. The first-order valence-electron chi connectivity index (χ1n) is 6.69. The SMILES string of the molecule is CN(CCC(=O)Nc1ccc(C#N)cc1)C1CCC1. The molecule has 100 valence electrons. The number of carbonyl (C=O) groups is 1. The predicted octanol–water partition coefficient (Wildman–Crippen LogP) is 2.37. The van der Waals surface area contributed by atoms with Crippen LogP contribution in [0.25, 0.3) is 0 Å². The van der Waals surface area contributed by atoms with Crippen molar-refractivity contribution in [1.82, 2.24) is 4.90 Å². The number of carbonyl (C=O) groups excluding carboxylic acids is 1. The Morgan fingerprint density at radius 2 is 2.11 bits per heavy atom. The first-order chi connectivity index (χ1) is 9.19. The van der Waals surface area contributed by atoms with E-state index in [1.165, 1.54) is 19.3 Å². The zero-order valence-corrected chi connectivity index (χ0v) is 11.2. The van der Waals surface area contributed by atoms with Crippen molar-refractivity contribution >= 4 is 11.6 Å². The Labute approximate surface area is 114 Å².